The molecule has 0 fully saturated rings. The molecule has 0 bridgehead atoms. The summed E-state index contributed by atoms with van der Waals surface area (Å²) in [6, 6.07) is 0. The Morgan fingerprint density at radius 3 is 1.71 bits per heavy atom. The summed E-state index contributed by atoms with van der Waals surface area (Å²) in [6.45, 7) is 0. The first-order chi connectivity index (χ1) is 2.56. The fourth-order valence-corrected chi connectivity index (χ4v) is 0. The molecule has 0 aliphatic rings. The monoisotopic (exact) mass is 114 g/mol. The Balaban J connectivity index is 0. The van der Waals surface area contributed by atoms with Gasteiger partial charge in [-0.15, -0.1) is 0 Å². The van der Waals surface area contributed by atoms with Gasteiger partial charge in [0, 0.05) is 18.9 Å². The van der Waals surface area contributed by atoms with E-state index in [4.69, 9.17) is 9.81 Å². The SMILES string of the molecule is N#CS(=O)(=O)O.[Li]. The molecule has 0 rings (SSSR count). The van der Waals surface area contributed by atoms with E-state index in [0.717, 1.165) is 0 Å². The number of thiocyanates is 1. The number of nitrogens with zero attached hydrogens (tertiary/aromatic N) is 1. The van der Waals surface area contributed by atoms with Crippen molar-refractivity contribution in [1.29, 1.82) is 5.26 Å². The van der Waals surface area contributed by atoms with E-state index in [2.05, 4.69) is 0 Å². The summed E-state index contributed by atoms with van der Waals surface area (Å²) in [5, 5.41) is 7.95. The van der Waals surface area contributed by atoms with Gasteiger partial charge in [-0.05, 0) is 0 Å². The summed E-state index contributed by atoms with van der Waals surface area (Å²) in [7, 11) is -4.36. The zero-order valence-electron chi connectivity index (χ0n) is 3.62. The normalized spacial score (nSPS) is 8.57. The number of hydrogen-bond acceptors (Lipinski definition) is 3. The molecule has 0 aromatic heterocycles. The van der Waals surface area contributed by atoms with Crippen molar-refractivity contribution in [3.05, 3.63) is 0 Å². The molecule has 6 heteroatoms. The van der Waals surface area contributed by atoms with Crippen LogP contribution in [0.4, 0.5) is 0 Å². The molecule has 1 radical (unpaired) electrons. The van der Waals surface area contributed by atoms with Crippen molar-refractivity contribution in [3.8, 4) is 5.40 Å². The summed E-state index contributed by atoms with van der Waals surface area (Å²) in [4.78, 5) is 0. The van der Waals surface area contributed by atoms with Gasteiger partial charge < -0.3 is 0 Å². The Kier molecular flexibility index (Phi) is 4.40. The quantitative estimate of drug-likeness (QED) is 0.189. The summed E-state index contributed by atoms with van der Waals surface area (Å²) in [5.74, 6) is 0. The third kappa shape index (κ3) is 10.7. The van der Waals surface area contributed by atoms with Gasteiger partial charge in [0.2, 0.25) is 5.40 Å². The smallest absolute Gasteiger partial charge is 0.274 e. The van der Waals surface area contributed by atoms with E-state index in [1.165, 1.54) is 0 Å². The van der Waals surface area contributed by atoms with E-state index in [1.54, 1.807) is 0 Å². The molecule has 0 saturated carbocycles. The first-order valence-corrected chi connectivity index (χ1v) is 2.38. The summed E-state index contributed by atoms with van der Waals surface area (Å²) in [6.07, 6.45) is 0. The van der Waals surface area contributed by atoms with Gasteiger partial charge in [0.15, 0.2) is 0 Å². The van der Waals surface area contributed by atoms with E-state index in [-0.39, 0.29) is 18.9 Å². The number of nitriles is 1. The van der Waals surface area contributed by atoms with E-state index in [1.807, 2.05) is 0 Å². The largest absolute Gasteiger partial charge is 0.360 e. The van der Waals surface area contributed by atoms with Crippen LogP contribution in [-0.4, -0.2) is 31.8 Å². The van der Waals surface area contributed by atoms with Crippen LogP contribution in [0.25, 0.3) is 0 Å². The maximum absolute atomic E-state index is 9.19. The van der Waals surface area contributed by atoms with Gasteiger partial charge in [0.05, 0.1) is 0 Å². The molecule has 0 saturated heterocycles. The van der Waals surface area contributed by atoms with Gasteiger partial charge in [-0.25, -0.2) is 0 Å². The molecule has 0 aliphatic carbocycles. The predicted molar refractivity (Wildman–Crippen MR) is 22.9 cm³/mol. The van der Waals surface area contributed by atoms with Gasteiger partial charge in [-0.1, -0.05) is 0 Å². The standard InChI is InChI=1S/CHNO3S.Li/c2-1-6(3,4)5;/h(H,3,4,5);. The minimum Gasteiger partial charge on any atom is -0.274 e. The van der Waals surface area contributed by atoms with E-state index < -0.39 is 10.1 Å². The van der Waals surface area contributed by atoms with Gasteiger partial charge >= 0.3 is 10.1 Å². The average Bonchev–Trinajstić information content (AvgIpc) is 1.35. The topological polar surface area (TPSA) is 78.2 Å². The summed E-state index contributed by atoms with van der Waals surface area (Å²) >= 11 is 0. The molecule has 1 N–H and O–H groups in total. The van der Waals surface area contributed by atoms with Crippen LogP contribution in [-0.2, 0) is 10.1 Å². The molecule has 7 heavy (non-hydrogen) atoms. The van der Waals surface area contributed by atoms with Gasteiger partial charge in [-0.2, -0.15) is 13.7 Å². The fourth-order valence-electron chi connectivity index (χ4n) is 0. The second-order valence-electron chi connectivity index (χ2n) is 0.566. The van der Waals surface area contributed by atoms with E-state index in [9.17, 15) is 8.42 Å². The second kappa shape index (κ2) is 3.06. The maximum atomic E-state index is 9.19. The van der Waals surface area contributed by atoms with Crippen LogP contribution in [0.2, 0.25) is 0 Å². The molecule has 0 amide bonds. The zero-order chi connectivity index (χ0) is 5.21. The average molecular weight is 114 g/mol. The minimum atomic E-state index is -4.36. The Labute approximate surface area is 53.1 Å². The van der Waals surface area contributed by atoms with Crippen LogP contribution in [0.5, 0.6) is 0 Å². The summed E-state index contributed by atoms with van der Waals surface area (Å²) in [5.41, 5.74) is 0. The fraction of sp³-hybridized carbons (Fsp3) is 0. The zero-order valence-corrected chi connectivity index (χ0v) is 4.44. The Bertz CT molecular complexity index is 164. The van der Waals surface area contributed by atoms with Gasteiger partial charge in [0.1, 0.15) is 0 Å². The molecule has 0 spiro atoms. The first kappa shape index (κ1) is 10.1. The van der Waals surface area contributed by atoms with Crippen molar-refractivity contribution in [2.45, 2.75) is 0 Å². The van der Waals surface area contributed by atoms with E-state index in [0.29, 0.717) is 5.40 Å². The van der Waals surface area contributed by atoms with Crippen molar-refractivity contribution in [2.24, 2.45) is 0 Å². The maximum Gasteiger partial charge on any atom is 0.360 e. The predicted octanol–water partition coefficient (Wildman–Crippen LogP) is -1.03. The van der Waals surface area contributed by atoms with E-state index >= 15 is 0 Å². The third-order valence-electron chi connectivity index (χ3n) is 0.115. The van der Waals surface area contributed by atoms with Gasteiger partial charge in [-0.3, -0.25) is 4.55 Å². The Morgan fingerprint density at radius 2 is 1.71 bits per heavy atom. The van der Waals surface area contributed by atoms with Crippen molar-refractivity contribution >= 4 is 29.0 Å². The van der Waals surface area contributed by atoms with Crippen molar-refractivity contribution in [2.75, 3.05) is 0 Å². The third-order valence-corrected chi connectivity index (χ3v) is 0.346. The van der Waals surface area contributed by atoms with Crippen LogP contribution in [0.3, 0.4) is 0 Å². The Hall–Kier alpha value is -0.00260. The van der Waals surface area contributed by atoms with Crippen LogP contribution in [0.1, 0.15) is 0 Å². The molecule has 0 unspecified atom stereocenters. The molecule has 4 nitrogen and oxygen atoms in total. The van der Waals surface area contributed by atoms with Crippen molar-refractivity contribution < 1.29 is 13.0 Å². The van der Waals surface area contributed by atoms with Crippen LogP contribution < -0.4 is 0 Å². The van der Waals surface area contributed by atoms with Gasteiger partial charge in [0.25, 0.3) is 0 Å². The summed E-state index contributed by atoms with van der Waals surface area (Å²) < 4.78 is 25.8. The Morgan fingerprint density at radius 1 is 1.57 bits per heavy atom. The van der Waals surface area contributed by atoms with Crippen molar-refractivity contribution in [1.82, 2.24) is 0 Å². The number of hydrogen-bond donors (Lipinski definition) is 1. The molecule has 0 atom stereocenters. The van der Waals surface area contributed by atoms with Crippen LogP contribution in [0.15, 0.2) is 0 Å². The van der Waals surface area contributed by atoms with Crippen molar-refractivity contribution in [3.63, 3.8) is 0 Å². The molecule has 0 aliphatic heterocycles. The second-order valence-corrected chi connectivity index (χ2v) is 1.70. The molecule has 35 valence electrons. The van der Waals surface area contributed by atoms with Crippen LogP contribution >= 0.6 is 0 Å². The number of rotatable bonds is 0. The molecular weight excluding hydrogens is 113 g/mol. The minimum absolute atomic E-state index is 0. The molecule has 0 aromatic carbocycles. The molecule has 0 aromatic rings. The molecular formula is CHLiNO3S. The first-order valence-electron chi connectivity index (χ1n) is 0.944. The molecule has 0 heterocycles. The van der Waals surface area contributed by atoms with Crippen LogP contribution in [0, 0.1) is 10.7 Å².